The highest BCUT2D eigenvalue weighted by Gasteiger charge is 2.41. The van der Waals surface area contributed by atoms with Crippen LogP contribution in [0.4, 0.5) is 13.2 Å². The average Bonchev–Trinajstić information content (AvgIpc) is 3.12. The van der Waals surface area contributed by atoms with Gasteiger partial charge in [0.25, 0.3) is 5.91 Å². The third-order valence-electron chi connectivity index (χ3n) is 4.10. The SMILES string of the molecule is Cc1ncc(C(=O)N2C[C@H](O)C[C@H]2c2ccccc2C(F)(F)F)[nH]1. The van der Waals surface area contributed by atoms with Crippen LogP contribution in [0.1, 0.15) is 39.9 Å². The molecular weight excluding hydrogens is 323 g/mol. The van der Waals surface area contributed by atoms with Gasteiger partial charge in [0.2, 0.25) is 0 Å². The van der Waals surface area contributed by atoms with Gasteiger partial charge in [-0.15, -0.1) is 0 Å². The third kappa shape index (κ3) is 3.01. The minimum Gasteiger partial charge on any atom is -0.391 e. The Morgan fingerprint density at radius 1 is 1.38 bits per heavy atom. The van der Waals surface area contributed by atoms with Crippen molar-refractivity contribution < 1.29 is 23.1 Å². The fourth-order valence-corrected chi connectivity index (χ4v) is 3.06. The largest absolute Gasteiger partial charge is 0.416 e. The van der Waals surface area contributed by atoms with E-state index in [1.54, 1.807) is 6.92 Å². The highest BCUT2D eigenvalue weighted by atomic mass is 19.4. The van der Waals surface area contributed by atoms with Crippen molar-refractivity contribution in [2.24, 2.45) is 0 Å². The Hall–Kier alpha value is -2.35. The molecule has 3 rings (SSSR count). The number of hydrogen-bond acceptors (Lipinski definition) is 3. The minimum absolute atomic E-state index is 0.00821. The number of carbonyl (C=O) groups excluding carboxylic acids is 1. The first-order valence-corrected chi connectivity index (χ1v) is 7.44. The molecule has 8 heteroatoms. The maximum atomic E-state index is 13.3. The van der Waals surface area contributed by atoms with E-state index in [1.165, 1.54) is 29.3 Å². The molecule has 1 amide bonds. The van der Waals surface area contributed by atoms with E-state index in [9.17, 15) is 23.1 Å². The molecule has 0 unspecified atom stereocenters. The Bertz CT molecular complexity index is 757. The molecule has 1 aromatic heterocycles. The molecule has 2 N–H and O–H groups in total. The predicted molar refractivity (Wildman–Crippen MR) is 79.2 cm³/mol. The van der Waals surface area contributed by atoms with Gasteiger partial charge in [0.15, 0.2) is 0 Å². The van der Waals surface area contributed by atoms with Gasteiger partial charge in [-0.05, 0) is 25.0 Å². The molecule has 2 heterocycles. The van der Waals surface area contributed by atoms with Crippen molar-refractivity contribution in [1.82, 2.24) is 14.9 Å². The summed E-state index contributed by atoms with van der Waals surface area (Å²) in [7, 11) is 0. The molecule has 2 aromatic rings. The summed E-state index contributed by atoms with van der Waals surface area (Å²) in [5, 5.41) is 9.93. The van der Waals surface area contributed by atoms with Crippen LogP contribution >= 0.6 is 0 Å². The number of H-pyrrole nitrogens is 1. The first-order valence-electron chi connectivity index (χ1n) is 7.44. The minimum atomic E-state index is -4.52. The Kier molecular flexibility index (Phi) is 4.08. The highest BCUT2D eigenvalue weighted by Crippen LogP contribution is 2.40. The Morgan fingerprint density at radius 2 is 2.08 bits per heavy atom. The van der Waals surface area contributed by atoms with E-state index in [0.29, 0.717) is 5.82 Å². The number of halogens is 3. The number of aromatic amines is 1. The van der Waals surface area contributed by atoms with Crippen molar-refractivity contribution >= 4 is 5.91 Å². The van der Waals surface area contributed by atoms with Gasteiger partial charge in [-0.3, -0.25) is 4.79 Å². The second kappa shape index (κ2) is 5.94. The van der Waals surface area contributed by atoms with Crippen molar-refractivity contribution in [1.29, 1.82) is 0 Å². The number of nitrogens with one attached hydrogen (secondary N) is 1. The topological polar surface area (TPSA) is 69.2 Å². The Morgan fingerprint density at radius 3 is 2.71 bits per heavy atom. The van der Waals surface area contributed by atoms with Crippen LogP contribution < -0.4 is 0 Å². The van der Waals surface area contributed by atoms with Crippen LogP contribution in [0, 0.1) is 6.92 Å². The first-order chi connectivity index (χ1) is 11.3. The molecule has 0 saturated carbocycles. The molecule has 1 saturated heterocycles. The van der Waals surface area contributed by atoms with Crippen molar-refractivity contribution in [3.05, 3.63) is 53.1 Å². The van der Waals surface area contributed by atoms with Gasteiger partial charge >= 0.3 is 6.18 Å². The van der Waals surface area contributed by atoms with Gasteiger partial charge in [-0.2, -0.15) is 13.2 Å². The van der Waals surface area contributed by atoms with Crippen molar-refractivity contribution in [2.45, 2.75) is 31.7 Å². The van der Waals surface area contributed by atoms with E-state index in [0.717, 1.165) is 6.07 Å². The summed E-state index contributed by atoms with van der Waals surface area (Å²) >= 11 is 0. The van der Waals surface area contributed by atoms with Gasteiger partial charge < -0.3 is 15.0 Å². The Balaban J connectivity index is 1.99. The standard InChI is InChI=1S/C16H16F3N3O2/c1-9-20-7-13(21-9)15(24)22-8-10(23)6-14(22)11-4-2-3-5-12(11)16(17,18)19/h2-5,7,10,14,23H,6,8H2,1H3,(H,20,21)/t10-,14+/m1/s1. The maximum absolute atomic E-state index is 13.3. The number of aliphatic hydroxyl groups excluding tert-OH is 1. The number of benzene rings is 1. The fraction of sp³-hybridized carbons (Fsp3) is 0.375. The van der Waals surface area contributed by atoms with Crippen LogP contribution in [0.5, 0.6) is 0 Å². The molecule has 0 radical (unpaired) electrons. The molecule has 1 fully saturated rings. The number of aryl methyl sites for hydroxylation is 1. The lowest BCUT2D eigenvalue weighted by molar-refractivity contribution is -0.138. The zero-order chi connectivity index (χ0) is 17.5. The number of imidazole rings is 1. The number of β-amino-alcohol motifs (C(OH)–C–C–N with tert-alkyl or cyclic N) is 1. The van der Waals surface area contributed by atoms with E-state index in [-0.39, 0.29) is 24.2 Å². The molecule has 2 atom stereocenters. The van der Waals surface area contributed by atoms with Gasteiger partial charge in [0, 0.05) is 6.54 Å². The average molecular weight is 339 g/mol. The molecule has 0 bridgehead atoms. The molecule has 24 heavy (non-hydrogen) atoms. The van der Waals surface area contributed by atoms with Gasteiger partial charge in [0.1, 0.15) is 11.5 Å². The zero-order valence-corrected chi connectivity index (χ0v) is 12.8. The summed E-state index contributed by atoms with van der Waals surface area (Å²) in [6.45, 7) is 1.65. The number of aliphatic hydroxyl groups is 1. The van der Waals surface area contributed by atoms with Crippen LogP contribution in [-0.4, -0.2) is 38.5 Å². The van der Waals surface area contributed by atoms with Crippen LogP contribution in [0.2, 0.25) is 0 Å². The maximum Gasteiger partial charge on any atom is 0.416 e. The summed E-state index contributed by atoms with van der Waals surface area (Å²) in [5.41, 5.74) is -0.607. The van der Waals surface area contributed by atoms with Gasteiger partial charge in [-0.1, -0.05) is 18.2 Å². The summed E-state index contributed by atoms with van der Waals surface area (Å²) in [4.78, 5) is 20.6. The molecule has 1 aromatic carbocycles. The summed E-state index contributed by atoms with van der Waals surface area (Å²) in [5.74, 6) is 0.0551. The van der Waals surface area contributed by atoms with Gasteiger partial charge in [-0.25, -0.2) is 4.98 Å². The number of aromatic nitrogens is 2. The van der Waals surface area contributed by atoms with E-state index in [1.807, 2.05) is 0 Å². The summed E-state index contributed by atoms with van der Waals surface area (Å²) < 4.78 is 39.8. The van der Waals surface area contributed by atoms with Crippen molar-refractivity contribution in [2.75, 3.05) is 6.54 Å². The number of likely N-dealkylation sites (tertiary alicyclic amines) is 1. The number of carbonyl (C=O) groups is 1. The number of nitrogens with zero attached hydrogens (tertiary/aromatic N) is 2. The zero-order valence-electron chi connectivity index (χ0n) is 12.8. The second-order valence-corrected chi connectivity index (χ2v) is 5.83. The lowest BCUT2D eigenvalue weighted by Crippen LogP contribution is -2.33. The first kappa shape index (κ1) is 16.5. The van der Waals surface area contributed by atoms with Crippen LogP contribution in [0.3, 0.4) is 0 Å². The van der Waals surface area contributed by atoms with Crippen molar-refractivity contribution in [3.63, 3.8) is 0 Å². The molecule has 1 aliphatic rings. The number of alkyl halides is 3. The molecule has 5 nitrogen and oxygen atoms in total. The highest BCUT2D eigenvalue weighted by molar-refractivity contribution is 5.92. The quantitative estimate of drug-likeness (QED) is 0.884. The van der Waals surface area contributed by atoms with Crippen LogP contribution in [-0.2, 0) is 6.18 Å². The normalized spacial score (nSPS) is 21.3. The molecule has 1 aliphatic heterocycles. The second-order valence-electron chi connectivity index (χ2n) is 5.83. The van der Waals surface area contributed by atoms with E-state index in [4.69, 9.17) is 0 Å². The van der Waals surface area contributed by atoms with E-state index >= 15 is 0 Å². The van der Waals surface area contributed by atoms with E-state index in [2.05, 4.69) is 9.97 Å². The molecule has 0 aliphatic carbocycles. The summed E-state index contributed by atoms with van der Waals surface area (Å²) in [6, 6.07) is 4.31. The lowest BCUT2D eigenvalue weighted by atomic mass is 9.97. The number of hydrogen-bond donors (Lipinski definition) is 2. The molecule has 128 valence electrons. The van der Waals surface area contributed by atoms with Gasteiger partial charge in [0.05, 0.1) is 23.9 Å². The van der Waals surface area contributed by atoms with Crippen molar-refractivity contribution in [3.8, 4) is 0 Å². The third-order valence-corrected chi connectivity index (χ3v) is 4.10. The number of amides is 1. The van der Waals surface area contributed by atoms with Crippen LogP contribution in [0.15, 0.2) is 30.5 Å². The predicted octanol–water partition coefficient (Wildman–Crippen LogP) is 2.69. The lowest BCUT2D eigenvalue weighted by Gasteiger charge is -2.26. The smallest absolute Gasteiger partial charge is 0.391 e. The Labute approximate surface area is 136 Å². The number of rotatable bonds is 2. The van der Waals surface area contributed by atoms with E-state index < -0.39 is 29.8 Å². The summed E-state index contributed by atoms with van der Waals surface area (Å²) in [6.07, 6.45) is -3.99. The molecule has 0 spiro atoms. The monoisotopic (exact) mass is 339 g/mol. The fourth-order valence-electron chi connectivity index (χ4n) is 3.06. The van der Waals surface area contributed by atoms with Crippen LogP contribution in [0.25, 0.3) is 0 Å². The molecular formula is C16H16F3N3O2.